The van der Waals surface area contributed by atoms with Crippen molar-refractivity contribution in [3.63, 3.8) is 0 Å². The molecule has 1 amide bonds. The molecule has 0 unspecified atom stereocenters. The number of ether oxygens (including phenoxy) is 2. The van der Waals surface area contributed by atoms with Crippen LogP contribution in [0.2, 0.25) is 0 Å². The molecule has 0 aliphatic heterocycles. The third-order valence-electron chi connectivity index (χ3n) is 3.18. The maximum absolute atomic E-state index is 12.2. The Bertz CT molecular complexity index is 640. The van der Waals surface area contributed by atoms with Crippen LogP contribution in [0.25, 0.3) is 0 Å². The number of para-hydroxylation sites is 1. The zero-order valence-electron chi connectivity index (χ0n) is 13.1. The van der Waals surface area contributed by atoms with Crippen molar-refractivity contribution in [2.45, 2.75) is 26.9 Å². The molecule has 1 atom stereocenters. The summed E-state index contributed by atoms with van der Waals surface area (Å²) in [7, 11) is 0. The zero-order valence-corrected chi connectivity index (χ0v) is 13.1. The van der Waals surface area contributed by atoms with Crippen LogP contribution in [0.5, 0.6) is 11.5 Å². The fourth-order valence-electron chi connectivity index (χ4n) is 2.01. The predicted molar refractivity (Wildman–Crippen MR) is 87.5 cm³/mol. The van der Waals surface area contributed by atoms with Gasteiger partial charge in [-0.3, -0.25) is 4.79 Å². The van der Waals surface area contributed by atoms with E-state index in [4.69, 9.17) is 9.47 Å². The SMILES string of the molecule is CCOc1cccc(NC(=O)[C@H](C)Oc2ccccc2C)c1. The number of aryl methyl sites for hydroxylation is 1. The highest BCUT2D eigenvalue weighted by Crippen LogP contribution is 2.20. The predicted octanol–water partition coefficient (Wildman–Crippen LogP) is 3.80. The Kier molecular flexibility index (Phi) is 5.42. The van der Waals surface area contributed by atoms with Crippen molar-refractivity contribution in [1.29, 1.82) is 0 Å². The number of hydrogen-bond acceptors (Lipinski definition) is 3. The summed E-state index contributed by atoms with van der Waals surface area (Å²) in [5.74, 6) is 1.25. The van der Waals surface area contributed by atoms with Gasteiger partial charge in [-0.15, -0.1) is 0 Å². The Morgan fingerprint density at radius 3 is 2.68 bits per heavy atom. The Morgan fingerprint density at radius 2 is 1.95 bits per heavy atom. The number of hydrogen-bond donors (Lipinski definition) is 1. The molecule has 0 bridgehead atoms. The van der Waals surface area contributed by atoms with Gasteiger partial charge < -0.3 is 14.8 Å². The van der Waals surface area contributed by atoms with Gasteiger partial charge in [-0.25, -0.2) is 0 Å². The minimum absolute atomic E-state index is 0.197. The Labute approximate surface area is 131 Å². The molecule has 2 rings (SSSR count). The van der Waals surface area contributed by atoms with Crippen molar-refractivity contribution in [2.24, 2.45) is 0 Å². The standard InChI is InChI=1S/C18H21NO3/c1-4-21-16-10-7-9-15(12-16)19-18(20)14(3)22-17-11-6-5-8-13(17)2/h5-12,14H,4H2,1-3H3,(H,19,20)/t14-/m0/s1. The molecule has 2 aromatic rings. The average molecular weight is 299 g/mol. The van der Waals surface area contributed by atoms with Crippen LogP contribution in [0.4, 0.5) is 5.69 Å². The molecule has 0 aliphatic carbocycles. The van der Waals surface area contributed by atoms with Crippen LogP contribution >= 0.6 is 0 Å². The fourth-order valence-corrected chi connectivity index (χ4v) is 2.01. The highest BCUT2D eigenvalue weighted by Gasteiger charge is 2.15. The molecule has 0 spiro atoms. The molecule has 4 heteroatoms. The van der Waals surface area contributed by atoms with Crippen molar-refractivity contribution in [3.05, 3.63) is 54.1 Å². The maximum Gasteiger partial charge on any atom is 0.265 e. The molecule has 116 valence electrons. The minimum Gasteiger partial charge on any atom is -0.494 e. The number of anilines is 1. The molecule has 0 heterocycles. The molecule has 0 saturated heterocycles. The third kappa shape index (κ3) is 4.25. The molecule has 4 nitrogen and oxygen atoms in total. The Morgan fingerprint density at radius 1 is 1.18 bits per heavy atom. The van der Waals surface area contributed by atoms with E-state index in [1.54, 1.807) is 13.0 Å². The van der Waals surface area contributed by atoms with E-state index < -0.39 is 6.10 Å². The summed E-state index contributed by atoms with van der Waals surface area (Å²) in [4.78, 5) is 12.2. The number of carbonyl (C=O) groups excluding carboxylic acids is 1. The first-order chi connectivity index (χ1) is 10.6. The number of carbonyl (C=O) groups is 1. The Hall–Kier alpha value is -2.49. The van der Waals surface area contributed by atoms with E-state index in [1.165, 1.54) is 0 Å². The molecule has 1 N–H and O–H groups in total. The van der Waals surface area contributed by atoms with Crippen molar-refractivity contribution >= 4 is 11.6 Å². The summed E-state index contributed by atoms with van der Waals surface area (Å²) in [6.45, 7) is 6.19. The summed E-state index contributed by atoms with van der Waals surface area (Å²) in [6.07, 6.45) is -0.586. The lowest BCUT2D eigenvalue weighted by atomic mass is 10.2. The first-order valence-electron chi connectivity index (χ1n) is 7.36. The zero-order chi connectivity index (χ0) is 15.9. The average Bonchev–Trinajstić information content (AvgIpc) is 2.50. The van der Waals surface area contributed by atoms with Gasteiger partial charge in [0, 0.05) is 11.8 Å². The van der Waals surface area contributed by atoms with Crippen LogP contribution in [0.15, 0.2) is 48.5 Å². The van der Waals surface area contributed by atoms with Crippen molar-refractivity contribution < 1.29 is 14.3 Å². The van der Waals surface area contributed by atoms with Crippen LogP contribution in [0.3, 0.4) is 0 Å². The van der Waals surface area contributed by atoms with E-state index in [-0.39, 0.29) is 5.91 Å². The van der Waals surface area contributed by atoms with E-state index in [2.05, 4.69) is 5.32 Å². The lowest BCUT2D eigenvalue weighted by molar-refractivity contribution is -0.122. The van der Waals surface area contributed by atoms with Crippen LogP contribution in [0.1, 0.15) is 19.4 Å². The van der Waals surface area contributed by atoms with Gasteiger partial charge in [0.05, 0.1) is 6.61 Å². The molecule has 22 heavy (non-hydrogen) atoms. The monoisotopic (exact) mass is 299 g/mol. The van der Waals surface area contributed by atoms with Crippen LogP contribution in [-0.4, -0.2) is 18.6 Å². The van der Waals surface area contributed by atoms with E-state index in [9.17, 15) is 4.79 Å². The lowest BCUT2D eigenvalue weighted by Crippen LogP contribution is -2.30. The summed E-state index contributed by atoms with van der Waals surface area (Å²) >= 11 is 0. The number of rotatable bonds is 6. The number of nitrogens with one attached hydrogen (secondary N) is 1. The first-order valence-corrected chi connectivity index (χ1v) is 7.36. The highest BCUT2D eigenvalue weighted by molar-refractivity contribution is 5.94. The maximum atomic E-state index is 12.2. The molecule has 0 aliphatic rings. The molecule has 0 aromatic heterocycles. The number of benzene rings is 2. The topological polar surface area (TPSA) is 47.6 Å². The molecule has 0 saturated carbocycles. The van der Waals surface area contributed by atoms with Crippen LogP contribution < -0.4 is 14.8 Å². The molecular weight excluding hydrogens is 278 g/mol. The second-order valence-electron chi connectivity index (χ2n) is 4.98. The van der Waals surface area contributed by atoms with Crippen LogP contribution in [-0.2, 0) is 4.79 Å². The summed E-state index contributed by atoms with van der Waals surface area (Å²) in [6, 6.07) is 14.9. The second kappa shape index (κ2) is 7.50. The quantitative estimate of drug-likeness (QED) is 0.882. The van der Waals surface area contributed by atoms with E-state index in [0.29, 0.717) is 18.0 Å². The van der Waals surface area contributed by atoms with Crippen molar-refractivity contribution in [3.8, 4) is 11.5 Å². The third-order valence-corrected chi connectivity index (χ3v) is 3.18. The van der Waals surface area contributed by atoms with Crippen molar-refractivity contribution in [1.82, 2.24) is 0 Å². The largest absolute Gasteiger partial charge is 0.494 e. The Balaban J connectivity index is 1.99. The van der Waals surface area contributed by atoms with Gasteiger partial charge in [-0.05, 0) is 44.5 Å². The lowest BCUT2D eigenvalue weighted by Gasteiger charge is -2.16. The van der Waals surface area contributed by atoms with E-state index >= 15 is 0 Å². The van der Waals surface area contributed by atoms with E-state index in [1.807, 2.05) is 56.3 Å². The second-order valence-corrected chi connectivity index (χ2v) is 4.98. The molecule has 0 radical (unpaired) electrons. The van der Waals surface area contributed by atoms with Gasteiger partial charge in [0.25, 0.3) is 5.91 Å². The normalized spacial score (nSPS) is 11.6. The molecule has 2 aromatic carbocycles. The van der Waals surface area contributed by atoms with Gasteiger partial charge in [-0.1, -0.05) is 24.3 Å². The highest BCUT2D eigenvalue weighted by atomic mass is 16.5. The van der Waals surface area contributed by atoms with E-state index in [0.717, 1.165) is 11.3 Å². The van der Waals surface area contributed by atoms with Gasteiger partial charge in [0.1, 0.15) is 11.5 Å². The van der Waals surface area contributed by atoms with Crippen LogP contribution in [0, 0.1) is 6.92 Å². The van der Waals surface area contributed by atoms with Gasteiger partial charge in [0.2, 0.25) is 0 Å². The van der Waals surface area contributed by atoms with Gasteiger partial charge in [0.15, 0.2) is 6.10 Å². The van der Waals surface area contributed by atoms with Gasteiger partial charge in [-0.2, -0.15) is 0 Å². The molecular formula is C18H21NO3. The van der Waals surface area contributed by atoms with Crippen molar-refractivity contribution in [2.75, 3.05) is 11.9 Å². The molecule has 0 fully saturated rings. The summed E-state index contributed by atoms with van der Waals surface area (Å²) < 4.78 is 11.1. The fraction of sp³-hybridized carbons (Fsp3) is 0.278. The minimum atomic E-state index is -0.586. The first kappa shape index (κ1) is 15.9. The summed E-state index contributed by atoms with van der Waals surface area (Å²) in [5, 5.41) is 2.84. The number of amides is 1. The smallest absolute Gasteiger partial charge is 0.265 e. The van der Waals surface area contributed by atoms with Gasteiger partial charge >= 0.3 is 0 Å². The summed E-state index contributed by atoms with van der Waals surface area (Å²) in [5.41, 5.74) is 1.69.